The van der Waals surface area contributed by atoms with E-state index >= 15 is 0 Å². The Kier molecular flexibility index (Phi) is 2.66. The average molecular weight is 261 g/mol. The number of aryl methyl sites for hydroxylation is 1. The molecule has 0 amide bonds. The van der Waals surface area contributed by atoms with Crippen LogP contribution in [0, 0.1) is 5.92 Å². The molecule has 1 N–H and O–H groups in total. The van der Waals surface area contributed by atoms with Crippen LogP contribution in [0.4, 0.5) is 0 Å². The monoisotopic (exact) mass is 261 g/mol. The van der Waals surface area contributed by atoms with Crippen LogP contribution >= 0.6 is 0 Å². The number of hydrogen-bond acceptors (Lipinski definition) is 3. The smallest absolute Gasteiger partial charge is 0.323 e. The van der Waals surface area contributed by atoms with Gasteiger partial charge in [-0.3, -0.25) is 9.59 Å². The van der Waals surface area contributed by atoms with E-state index in [2.05, 4.69) is 12.0 Å². The first-order valence-electron chi connectivity index (χ1n) is 6.37. The van der Waals surface area contributed by atoms with E-state index in [1.165, 1.54) is 10.8 Å². The van der Waals surface area contributed by atoms with Crippen LogP contribution in [0.15, 0.2) is 17.2 Å². The van der Waals surface area contributed by atoms with Crippen molar-refractivity contribution in [2.75, 3.05) is 0 Å². The molecule has 19 heavy (non-hydrogen) atoms. The second-order valence-corrected chi connectivity index (χ2v) is 5.19. The van der Waals surface area contributed by atoms with E-state index in [9.17, 15) is 9.59 Å². The molecule has 100 valence electrons. The maximum absolute atomic E-state index is 12.3. The van der Waals surface area contributed by atoms with Crippen molar-refractivity contribution in [2.45, 2.75) is 32.7 Å². The summed E-state index contributed by atoms with van der Waals surface area (Å²) in [6.45, 7) is 1.84. The minimum absolute atomic E-state index is 0.271. The van der Waals surface area contributed by atoms with E-state index < -0.39 is 5.97 Å². The zero-order valence-corrected chi connectivity index (χ0v) is 10.7. The van der Waals surface area contributed by atoms with Crippen molar-refractivity contribution in [1.29, 1.82) is 0 Å². The van der Waals surface area contributed by atoms with Gasteiger partial charge in [-0.2, -0.15) is 5.10 Å². The average Bonchev–Trinajstić information content (AvgIpc) is 2.70. The molecule has 6 heteroatoms. The van der Waals surface area contributed by atoms with E-state index in [1.54, 1.807) is 10.7 Å². The first-order chi connectivity index (χ1) is 9.06. The molecular weight excluding hydrogens is 246 g/mol. The quantitative estimate of drug-likeness (QED) is 0.863. The third-order valence-electron chi connectivity index (χ3n) is 3.68. The number of carboxylic acid groups (broad SMARTS) is 1. The molecule has 2 aromatic heterocycles. The normalized spacial score (nSPS) is 18.5. The fraction of sp³-hybridized carbons (Fsp3) is 0.462. The van der Waals surface area contributed by atoms with Gasteiger partial charge in [0.05, 0.1) is 5.69 Å². The number of carbonyl (C=O) groups is 1. The number of hydrogen-bond donors (Lipinski definition) is 1. The first kappa shape index (κ1) is 12.0. The highest BCUT2D eigenvalue weighted by molar-refractivity contribution is 5.67. The van der Waals surface area contributed by atoms with Gasteiger partial charge in [-0.25, -0.2) is 4.52 Å². The van der Waals surface area contributed by atoms with E-state index in [0.29, 0.717) is 11.4 Å². The summed E-state index contributed by atoms with van der Waals surface area (Å²) in [6.07, 6.45) is 5.94. The summed E-state index contributed by atoms with van der Waals surface area (Å²) in [5, 5.41) is 13.2. The van der Waals surface area contributed by atoms with Crippen LogP contribution in [0.25, 0.3) is 5.52 Å². The van der Waals surface area contributed by atoms with E-state index in [1.807, 2.05) is 0 Å². The lowest BCUT2D eigenvalue weighted by molar-refractivity contribution is -0.137. The van der Waals surface area contributed by atoms with Crippen molar-refractivity contribution >= 4 is 11.5 Å². The Morgan fingerprint density at radius 3 is 3.05 bits per heavy atom. The lowest BCUT2D eigenvalue weighted by atomic mass is 9.88. The second kappa shape index (κ2) is 4.22. The summed E-state index contributed by atoms with van der Waals surface area (Å²) in [6, 6.07) is 0. The largest absolute Gasteiger partial charge is 0.480 e. The van der Waals surface area contributed by atoms with Gasteiger partial charge in [-0.15, -0.1) is 0 Å². The number of aliphatic carboxylic acids is 1. The van der Waals surface area contributed by atoms with Gasteiger partial charge in [0.2, 0.25) is 0 Å². The number of nitrogens with zero attached hydrogens (tertiary/aromatic N) is 3. The van der Waals surface area contributed by atoms with Crippen LogP contribution in [0.1, 0.15) is 24.6 Å². The van der Waals surface area contributed by atoms with Gasteiger partial charge in [0.15, 0.2) is 0 Å². The molecule has 1 atom stereocenters. The second-order valence-electron chi connectivity index (χ2n) is 5.19. The molecular formula is C13H15N3O3. The number of fused-ring (bicyclic) bond motifs is 3. The predicted molar refractivity (Wildman–Crippen MR) is 68.3 cm³/mol. The highest BCUT2D eigenvalue weighted by Gasteiger charge is 2.23. The Bertz CT molecular complexity index is 714. The molecule has 0 spiro atoms. The molecule has 0 fully saturated rings. The predicted octanol–water partition coefficient (Wildman–Crippen LogP) is 0.705. The Labute approximate surface area is 109 Å². The summed E-state index contributed by atoms with van der Waals surface area (Å²) >= 11 is 0. The van der Waals surface area contributed by atoms with E-state index in [-0.39, 0.29) is 12.1 Å². The Balaban J connectivity index is 2.21. The van der Waals surface area contributed by atoms with Crippen LogP contribution in [0.2, 0.25) is 0 Å². The van der Waals surface area contributed by atoms with Gasteiger partial charge in [0.25, 0.3) is 5.56 Å². The van der Waals surface area contributed by atoms with Crippen LogP contribution < -0.4 is 5.56 Å². The lowest BCUT2D eigenvalue weighted by Crippen LogP contribution is -2.25. The maximum atomic E-state index is 12.3. The van der Waals surface area contributed by atoms with Crippen molar-refractivity contribution in [2.24, 2.45) is 5.92 Å². The molecule has 1 aliphatic carbocycles. The molecule has 6 nitrogen and oxygen atoms in total. The first-order valence-corrected chi connectivity index (χ1v) is 6.37. The third kappa shape index (κ3) is 1.93. The lowest BCUT2D eigenvalue weighted by Gasteiger charge is -2.16. The fourth-order valence-corrected chi connectivity index (χ4v) is 2.72. The van der Waals surface area contributed by atoms with Gasteiger partial charge < -0.3 is 9.67 Å². The van der Waals surface area contributed by atoms with Gasteiger partial charge >= 0.3 is 5.97 Å². The Hall–Kier alpha value is -2.11. The molecule has 2 heterocycles. The molecule has 2 aromatic rings. The third-order valence-corrected chi connectivity index (χ3v) is 3.68. The Morgan fingerprint density at radius 2 is 2.32 bits per heavy atom. The van der Waals surface area contributed by atoms with Crippen LogP contribution in [-0.2, 0) is 24.2 Å². The highest BCUT2D eigenvalue weighted by Crippen LogP contribution is 2.26. The molecule has 1 aliphatic rings. The minimum Gasteiger partial charge on any atom is -0.480 e. The number of aromatic nitrogens is 3. The van der Waals surface area contributed by atoms with E-state index in [4.69, 9.17) is 5.11 Å². The number of carboxylic acids is 1. The van der Waals surface area contributed by atoms with Gasteiger partial charge in [-0.1, -0.05) is 6.92 Å². The van der Waals surface area contributed by atoms with Crippen LogP contribution in [-0.4, -0.2) is 25.3 Å². The summed E-state index contributed by atoms with van der Waals surface area (Å²) in [4.78, 5) is 23.1. The molecule has 3 rings (SSSR count). The fourth-order valence-electron chi connectivity index (χ4n) is 2.72. The summed E-state index contributed by atoms with van der Waals surface area (Å²) in [7, 11) is 0. The van der Waals surface area contributed by atoms with E-state index in [0.717, 1.165) is 30.5 Å². The molecule has 0 radical (unpaired) electrons. The van der Waals surface area contributed by atoms with Crippen molar-refractivity contribution < 1.29 is 9.90 Å². The topological polar surface area (TPSA) is 76.6 Å². The standard InChI is InChI=1S/C13H15N3O3/c1-8-2-3-10-9(6-8)12-13(19)15(7-11(17)18)4-5-16(12)14-10/h4-5,8H,2-3,6-7H2,1H3,(H,17,18)/t8-/m0/s1. The minimum atomic E-state index is -1.02. The molecule has 0 bridgehead atoms. The van der Waals surface area contributed by atoms with Crippen molar-refractivity contribution in [3.8, 4) is 0 Å². The summed E-state index contributed by atoms with van der Waals surface area (Å²) in [5.74, 6) is -0.485. The van der Waals surface area contributed by atoms with Crippen LogP contribution in [0.3, 0.4) is 0 Å². The SMILES string of the molecule is C[C@H]1CCc2nn3ccn(CC(=O)O)c(=O)c3c2C1. The van der Waals surface area contributed by atoms with Gasteiger partial charge in [0, 0.05) is 18.0 Å². The molecule has 0 aromatic carbocycles. The zero-order chi connectivity index (χ0) is 13.6. The molecule has 0 saturated carbocycles. The molecule has 0 saturated heterocycles. The van der Waals surface area contributed by atoms with Crippen molar-refractivity contribution in [3.05, 3.63) is 34.0 Å². The maximum Gasteiger partial charge on any atom is 0.323 e. The Morgan fingerprint density at radius 1 is 1.53 bits per heavy atom. The molecule has 0 aliphatic heterocycles. The molecule has 0 unspecified atom stereocenters. The number of rotatable bonds is 2. The van der Waals surface area contributed by atoms with Crippen molar-refractivity contribution in [1.82, 2.24) is 14.2 Å². The summed E-state index contributed by atoms with van der Waals surface area (Å²) in [5.41, 5.74) is 2.23. The highest BCUT2D eigenvalue weighted by atomic mass is 16.4. The summed E-state index contributed by atoms with van der Waals surface area (Å²) < 4.78 is 2.81. The van der Waals surface area contributed by atoms with Gasteiger partial charge in [0.1, 0.15) is 12.1 Å². The van der Waals surface area contributed by atoms with Gasteiger partial charge in [-0.05, 0) is 25.2 Å². The zero-order valence-electron chi connectivity index (χ0n) is 10.7. The van der Waals surface area contributed by atoms with Crippen LogP contribution in [0.5, 0.6) is 0 Å². The van der Waals surface area contributed by atoms with Crippen molar-refractivity contribution in [3.63, 3.8) is 0 Å².